The third-order valence-electron chi connectivity index (χ3n) is 9.42. The molecule has 8 bridgehead atoms. The third-order valence-corrected chi connectivity index (χ3v) is 9.42. The number of aromatic amines is 2. The summed E-state index contributed by atoms with van der Waals surface area (Å²) in [5.41, 5.74) is 15.0. The monoisotopic (exact) mass is 579 g/mol. The highest BCUT2D eigenvalue weighted by Crippen LogP contribution is 2.42. The Morgan fingerprint density at radius 2 is 1.74 bits per heavy atom. The van der Waals surface area contributed by atoms with E-state index in [2.05, 4.69) is 82.4 Å². The number of rotatable bonds is 8. The number of nitrogens with one attached hydrogen (secondary N) is 2. The number of carbonyl (C=O) groups excluding carboxylic acids is 1. The van der Waals surface area contributed by atoms with Crippen molar-refractivity contribution < 1.29 is 9.90 Å². The SMILES string of the molecule is C=Cc1c(C)c2cc3nc(c(C)c4nc(cc5[nH]c(cc1[nH]2)c(C)c5CC)C(C)=C4)[C@@H](CCC(=O)N(C)CCCO)[C@@H]3C. The van der Waals surface area contributed by atoms with Gasteiger partial charge in [-0.25, -0.2) is 4.98 Å². The van der Waals surface area contributed by atoms with Crippen molar-refractivity contribution in [3.05, 3.63) is 75.4 Å². The van der Waals surface area contributed by atoms with Crippen LogP contribution in [0.1, 0.15) is 102 Å². The molecule has 5 rings (SSSR count). The topological polar surface area (TPSA) is 97.9 Å². The summed E-state index contributed by atoms with van der Waals surface area (Å²) in [7, 11) is 1.81. The van der Waals surface area contributed by atoms with Crippen molar-refractivity contribution in [3.63, 3.8) is 0 Å². The van der Waals surface area contributed by atoms with Crippen LogP contribution in [0.15, 0.2) is 24.8 Å². The van der Waals surface area contributed by atoms with Gasteiger partial charge in [0.05, 0.1) is 11.4 Å². The number of hydrogen-bond acceptors (Lipinski definition) is 4. The molecule has 0 saturated heterocycles. The van der Waals surface area contributed by atoms with Gasteiger partial charge in [0.1, 0.15) is 0 Å². The average molecular weight is 580 g/mol. The molecule has 3 aromatic heterocycles. The van der Waals surface area contributed by atoms with Crippen molar-refractivity contribution in [3.8, 4) is 0 Å². The Hall–Kier alpha value is -3.97. The number of nitrogens with zero attached hydrogens (tertiary/aromatic N) is 3. The number of fused-ring (bicyclic) bond motifs is 8. The lowest BCUT2D eigenvalue weighted by Crippen LogP contribution is -2.28. The van der Waals surface area contributed by atoms with Gasteiger partial charge >= 0.3 is 0 Å². The lowest BCUT2D eigenvalue weighted by Gasteiger charge is -2.20. The quantitative estimate of drug-likeness (QED) is 0.257. The van der Waals surface area contributed by atoms with E-state index in [9.17, 15) is 9.90 Å². The second-order valence-electron chi connectivity index (χ2n) is 12.1. The zero-order valence-corrected chi connectivity index (χ0v) is 26.7. The van der Waals surface area contributed by atoms with E-state index in [4.69, 9.17) is 9.97 Å². The Labute approximate surface area is 254 Å². The van der Waals surface area contributed by atoms with Gasteiger partial charge < -0.3 is 20.0 Å². The van der Waals surface area contributed by atoms with Crippen LogP contribution in [0.3, 0.4) is 0 Å². The molecular formula is C36H45N5O2. The van der Waals surface area contributed by atoms with Gasteiger partial charge in [0, 0.05) is 77.5 Å². The van der Waals surface area contributed by atoms with Gasteiger partial charge in [0.25, 0.3) is 0 Å². The molecule has 7 heteroatoms. The molecule has 226 valence electrons. The summed E-state index contributed by atoms with van der Waals surface area (Å²) in [5.74, 6) is 0.304. The highest BCUT2D eigenvalue weighted by Gasteiger charge is 2.31. The van der Waals surface area contributed by atoms with E-state index in [-0.39, 0.29) is 24.3 Å². The number of allylic oxidation sites excluding steroid dienone is 1. The number of hydrogen-bond donors (Lipinski definition) is 3. The van der Waals surface area contributed by atoms with Crippen LogP contribution >= 0.6 is 0 Å². The van der Waals surface area contributed by atoms with E-state index < -0.39 is 0 Å². The maximum atomic E-state index is 13.0. The van der Waals surface area contributed by atoms with Crippen molar-refractivity contribution in [2.45, 2.75) is 79.1 Å². The van der Waals surface area contributed by atoms with E-state index in [1.165, 1.54) is 11.1 Å². The zero-order valence-electron chi connectivity index (χ0n) is 26.7. The minimum absolute atomic E-state index is 0.0807. The predicted molar refractivity (Wildman–Crippen MR) is 178 cm³/mol. The number of amides is 1. The first-order valence-corrected chi connectivity index (χ1v) is 15.5. The Morgan fingerprint density at radius 1 is 1.02 bits per heavy atom. The molecule has 2 atom stereocenters. The molecule has 7 nitrogen and oxygen atoms in total. The summed E-state index contributed by atoms with van der Waals surface area (Å²) in [6.07, 6.45) is 6.70. The third kappa shape index (κ3) is 5.70. The minimum Gasteiger partial charge on any atom is -0.396 e. The van der Waals surface area contributed by atoms with E-state index >= 15 is 0 Å². The summed E-state index contributed by atoms with van der Waals surface area (Å²) in [6.45, 7) is 17.7. The van der Waals surface area contributed by atoms with Crippen molar-refractivity contribution in [1.29, 1.82) is 0 Å². The van der Waals surface area contributed by atoms with E-state index in [1.807, 2.05) is 13.1 Å². The zero-order chi connectivity index (χ0) is 31.0. The normalized spacial score (nSPS) is 16.3. The molecule has 2 aliphatic rings. The van der Waals surface area contributed by atoms with Gasteiger partial charge in [0.2, 0.25) is 5.91 Å². The fraction of sp³-hybridized carbons (Fsp3) is 0.417. The van der Waals surface area contributed by atoms with E-state index in [0.717, 1.165) is 73.5 Å². The van der Waals surface area contributed by atoms with Crippen LogP contribution in [-0.2, 0) is 11.2 Å². The molecule has 0 aromatic carbocycles. The summed E-state index contributed by atoms with van der Waals surface area (Å²) in [5, 5.41) is 9.20. The predicted octanol–water partition coefficient (Wildman–Crippen LogP) is 7.51. The number of carbonyl (C=O) groups is 1. The van der Waals surface area contributed by atoms with Crippen LogP contribution in [0.25, 0.3) is 39.8 Å². The molecule has 0 spiro atoms. The Kier molecular flexibility index (Phi) is 8.74. The largest absolute Gasteiger partial charge is 0.396 e. The molecular weight excluding hydrogens is 534 g/mol. The second-order valence-corrected chi connectivity index (χ2v) is 12.1. The van der Waals surface area contributed by atoms with Crippen LogP contribution in [-0.4, -0.2) is 56.0 Å². The van der Waals surface area contributed by atoms with Gasteiger partial charge in [-0.2, -0.15) is 0 Å². The van der Waals surface area contributed by atoms with Gasteiger partial charge in [-0.3, -0.25) is 9.78 Å². The van der Waals surface area contributed by atoms with E-state index in [0.29, 0.717) is 25.8 Å². The molecule has 0 unspecified atom stereocenters. The standard InChI is InChI=1S/C36H45N5O2/c1-9-25-22(5)31-19-34-26(10-2)21(4)30(38-34)18-32-23(6)27(12-13-35(43)41(8)14-11-15-42)36(40-32)24(7)29-16-20(3)28(37-29)17-33(25)39-31/h10,16-19,23,27,38-39,42H,2,9,11-15H2,1,3-8H3/t23-,27-/m0/s1. The van der Waals surface area contributed by atoms with Crippen molar-refractivity contribution >= 4 is 45.7 Å². The lowest BCUT2D eigenvalue weighted by molar-refractivity contribution is -0.130. The Morgan fingerprint density at radius 3 is 2.44 bits per heavy atom. The van der Waals surface area contributed by atoms with Crippen LogP contribution < -0.4 is 0 Å². The highest BCUT2D eigenvalue weighted by molar-refractivity contribution is 5.86. The van der Waals surface area contributed by atoms with E-state index in [1.54, 1.807) is 4.90 Å². The molecule has 0 aliphatic carbocycles. The Balaban J connectivity index is 1.76. The van der Waals surface area contributed by atoms with Crippen molar-refractivity contribution in [2.75, 3.05) is 20.2 Å². The number of aromatic nitrogens is 4. The number of H-pyrrole nitrogens is 2. The maximum Gasteiger partial charge on any atom is 0.222 e. The maximum absolute atomic E-state index is 13.0. The molecule has 5 heterocycles. The smallest absolute Gasteiger partial charge is 0.222 e. The average Bonchev–Trinajstić information content (AvgIpc) is 3.68. The summed E-state index contributed by atoms with van der Waals surface area (Å²) in [4.78, 5) is 32.4. The van der Waals surface area contributed by atoms with Crippen molar-refractivity contribution in [2.24, 2.45) is 0 Å². The lowest BCUT2D eigenvalue weighted by atomic mass is 9.85. The molecule has 0 radical (unpaired) electrons. The van der Waals surface area contributed by atoms with Gasteiger partial charge in [-0.05, 0) is 99.1 Å². The first-order valence-electron chi connectivity index (χ1n) is 15.5. The molecule has 0 saturated carbocycles. The summed E-state index contributed by atoms with van der Waals surface area (Å²) in [6, 6.07) is 6.53. The highest BCUT2D eigenvalue weighted by atomic mass is 16.3. The first-order chi connectivity index (χ1) is 20.6. The van der Waals surface area contributed by atoms with Gasteiger partial charge in [-0.1, -0.05) is 26.5 Å². The van der Waals surface area contributed by atoms with Crippen LogP contribution in [0, 0.1) is 20.8 Å². The summed E-state index contributed by atoms with van der Waals surface area (Å²) >= 11 is 0. The Bertz CT molecular complexity index is 1770. The molecule has 2 aliphatic heterocycles. The summed E-state index contributed by atoms with van der Waals surface area (Å²) < 4.78 is 0. The fourth-order valence-electron chi connectivity index (χ4n) is 6.59. The molecule has 43 heavy (non-hydrogen) atoms. The second kappa shape index (κ2) is 12.3. The van der Waals surface area contributed by atoms with Crippen molar-refractivity contribution in [1.82, 2.24) is 24.8 Å². The van der Waals surface area contributed by atoms with Gasteiger partial charge in [-0.15, -0.1) is 0 Å². The molecule has 0 fully saturated rings. The molecule has 3 aromatic rings. The number of aliphatic hydroxyl groups is 1. The van der Waals surface area contributed by atoms with Gasteiger partial charge in [0.15, 0.2) is 0 Å². The minimum atomic E-state index is 0.0807. The molecule has 3 N–H and O–H groups in total. The molecule has 1 amide bonds. The number of aryl methyl sites for hydroxylation is 3. The first kappa shape index (κ1) is 30.5. The van der Waals surface area contributed by atoms with Crippen LogP contribution in [0.4, 0.5) is 0 Å². The van der Waals surface area contributed by atoms with Crippen LogP contribution in [0.5, 0.6) is 0 Å². The fourth-order valence-corrected chi connectivity index (χ4v) is 6.59. The number of aliphatic hydroxyl groups excluding tert-OH is 1. The van der Waals surface area contributed by atoms with Crippen LogP contribution in [0.2, 0.25) is 0 Å².